The Bertz CT molecular complexity index is 928. The predicted molar refractivity (Wildman–Crippen MR) is 110 cm³/mol. The molecule has 0 aromatic heterocycles. The number of ether oxygens (including phenoxy) is 1. The van der Waals surface area contributed by atoms with E-state index in [0.717, 1.165) is 28.9 Å². The Morgan fingerprint density at radius 2 is 1.97 bits per heavy atom. The molecule has 1 fully saturated rings. The fourth-order valence-electron chi connectivity index (χ4n) is 4.58. The van der Waals surface area contributed by atoms with Crippen LogP contribution in [0.5, 0.6) is 5.75 Å². The molecule has 2 heterocycles. The van der Waals surface area contributed by atoms with Gasteiger partial charge in [-0.05, 0) is 42.2 Å². The smallest absolute Gasteiger partial charge is 0.407 e. The Morgan fingerprint density at radius 3 is 2.66 bits per heavy atom. The van der Waals surface area contributed by atoms with Gasteiger partial charge >= 0.3 is 6.09 Å². The van der Waals surface area contributed by atoms with Crippen LogP contribution in [0.3, 0.4) is 0 Å². The van der Waals surface area contributed by atoms with E-state index in [1.54, 1.807) is 0 Å². The summed E-state index contributed by atoms with van der Waals surface area (Å²) >= 11 is 0. The predicted octanol–water partition coefficient (Wildman–Crippen LogP) is 3.54. The van der Waals surface area contributed by atoms with Gasteiger partial charge in [0.05, 0.1) is 12.6 Å². The van der Waals surface area contributed by atoms with Crippen LogP contribution in [-0.2, 0) is 6.42 Å². The number of rotatable bonds is 5. The third-order valence-corrected chi connectivity index (χ3v) is 6.01. The van der Waals surface area contributed by atoms with Crippen molar-refractivity contribution in [2.45, 2.75) is 32.2 Å². The molecule has 1 saturated heterocycles. The minimum absolute atomic E-state index is 0.000672. The average molecular weight is 394 g/mol. The number of carbonyl (C=O) groups is 2. The molecule has 1 N–H and O–H groups in total. The third kappa shape index (κ3) is 3.55. The highest BCUT2D eigenvalue weighted by molar-refractivity contribution is 5.99. The number of carboxylic acid groups (broad SMARTS) is 1. The highest BCUT2D eigenvalue weighted by Gasteiger charge is 2.46. The summed E-state index contributed by atoms with van der Waals surface area (Å²) in [5.74, 6) is 0.738. The van der Waals surface area contributed by atoms with E-state index in [2.05, 4.69) is 19.1 Å². The summed E-state index contributed by atoms with van der Waals surface area (Å²) in [5, 5.41) is 9.54. The molecular formula is C23H26N2O4. The lowest BCUT2D eigenvalue weighted by Crippen LogP contribution is -2.50. The standard InChI is InChI=1S/C23H26N2O4/c1-3-16-11-15(2)21-18(12-16)19-13-24(23(27)28)14-20(19)25(22(21)26)9-10-29-17-7-5-4-6-8-17/h4-8,11-12,19-20H,3,9-10,13-14H2,1-2H3,(H,27,28). The Balaban J connectivity index is 1.63. The van der Waals surface area contributed by atoms with Gasteiger partial charge in [-0.15, -0.1) is 0 Å². The first-order valence-electron chi connectivity index (χ1n) is 10.1. The summed E-state index contributed by atoms with van der Waals surface area (Å²) in [7, 11) is 0. The summed E-state index contributed by atoms with van der Waals surface area (Å²) in [6.45, 7) is 5.62. The quantitative estimate of drug-likeness (QED) is 0.842. The van der Waals surface area contributed by atoms with Gasteiger partial charge in [0, 0.05) is 24.6 Å². The molecule has 0 radical (unpaired) electrons. The molecule has 0 bridgehead atoms. The second-order valence-corrected chi connectivity index (χ2v) is 7.75. The molecule has 0 aliphatic carbocycles. The summed E-state index contributed by atoms with van der Waals surface area (Å²) in [6.07, 6.45) is -0.0472. The molecule has 0 spiro atoms. The van der Waals surface area contributed by atoms with Crippen molar-refractivity contribution in [2.24, 2.45) is 0 Å². The second-order valence-electron chi connectivity index (χ2n) is 7.75. The van der Waals surface area contributed by atoms with Gasteiger partial charge in [-0.25, -0.2) is 4.79 Å². The zero-order valence-electron chi connectivity index (χ0n) is 16.8. The topological polar surface area (TPSA) is 70.1 Å². The van der Waals surface area contributed by atoms with Crippen LogP contribution in [0.1, 0.15) is 39.9 Å². The van der Waals surface area contributed by atoms with Crippen molar-refractivity contribution in [3.63, 3.8) is 0 Å². The molecule has 2 aromatic rings. The molecule has 29 heavy (non-hydrogen) atoms. The van der Waals surface area contributed by atoms with Gasteiger partial charge in [0.15, 0.2) is 0 Å². The number of benzene rings is 2. The Kier molecular flexibility index (Phi) is 5.18. The van der Waals surface area contributed by atoms with Crippen LogP contribution >= 0.6 is 0 Å². The summed E-state index contributed by atoms with van der Waals surface area (Å²) < 4.78 is 5.81. The van der Waals surface area contributed by atoms with E-state index in [-0.39, 0.29) is 17.9 Å². The minimum Gasteiger partial charge on any atom is -0.492 e. The molecule has 2 aromatic carbocycles. The summed E-state index contributed by atoms with van der Waals surface area (Å²) in [5.41, 5.74) is 3.88. The van der Waals surface area contributed by atoms with Gasteiger partial charge in [-0.2, -0.15) is 0 Å². The van der Waals surface area contributed by atoms with Crippen LogP contribution in [0, 0.1) is 6.92 Å². The number of para-hydroxylation sites is 1. The highest BCUT2D eigenvalue weighted by atomic mass is 16.5. The molecule has 2 aliphatic heterocycles. The van der Waals surface area contributed by atoms with Gasteiger partial charge in [-0.1, -0.05) is 37.3 Å². The van der Waals surface area contributed by atoms with Gasteiger partial charge in [0.25, 0.3) is 5.91 Å². The maximum Gasteiger partial charge on any atom is 0.407 e. The maximum absolute atomic E-state index is 13.4. The molecule has 0 saturated carbocycles. The zero-order valence-corrected chi connectivity index (χ0v) is 16.8. The van der Waals surface area contributed by atoms with E-state index < -0.39 is 6.09 Å². The number of hydrogen-bond donors (Lipinski definition) is 1. The van der Waals surface area contributed by atoms with Crippen molar-refractivity contribution >= 4 is 12.0 Å². The van der Waals surface area contributed by atoms with E-state index >= 15 is 0 Å². The van der Waals surface area contributed by atoms with E-state index in [1.807, 2.05) is 42.2 Å². The normalized spacial score (nSPS) is 20.4. The number of amides is 2. The van der Waals surface area contributed by atoms with Crippen molar-refractivity contribution in [1.29, 1.82) is 0 Å². The molecule has 152 valence electrons. The molecule has 2 atom stereocenters. The first-order valence-corrected chi connectivity index (χ1v) is 10.1. The maximum atomic E-state index is 13.4. The molecule has 2 unspecified atom stereocenters. The fourth-order valence-corrected chi connectivity index (χ4v) is 4.58. The third-order valence-electron chi connectivity index (χ3n) is 6.01. The average Bonchev–Trinajstić information content (AvgIpc) is 3.16. The molecule has 2 amide bonds. The van der Waals surface area contributed by atoms with Crippen molar-refractivity contribution < 1.29 is 19.4 Å². The number of fused-ring (bicyclic) bond motifs is 3. The fraction of sp³-hybridized carbons (Fsp3) is 0.391. The van der Waals surface area contributed by atoms with Crippen LogP contribution in [0.15, 0.2) is 42.5 Å². The number of nitrogens with zero attached hydrogens (tertiary/aromatic N) is 2. The Morgan fingerprint density at radius 1 is 1.21 bits per heavy atom. The zero-order chi connectivity index (χ0) is 20.5. The van der Waals surface area contributed by atoms with Gasteiger partial charge in [0.1, 0.15) is 12.4 Å². The lowest BCUT2D eigenvalue weighted by atomic mass is 9.81. The number of aryl methyl sites for hydroxylation is 2. The van der Waals surface area contributed by atoms with Gasteiger partial charge < -0.3 is 19.6 Å². The SMILES string of the molecule is CCc1cc(C)c2c(c1)C1CN(C(=O)O)CC1N(CCOc1ccccc1)C2=O. The molecule has 4 rings (SSSR count). The largest absolute Gasteiger partial charge is 0.492 e. The summed E-state index contributed by atoms with van der Waals surface area (Å²) in [4.78, 5) is 28.3. The van der Waals surface area contributed by atoms with Crippen molar-refractivity contribution in [3.05, 3.63) is 64.7 Å². The Labute approximate surface area is 170 Å². The van der Waals surface area contributed by atoms with E-state index in [4.69, 9.17) is 4.74 Å². The molecule has 6 nitrogen and oxygen atoms in total. The van der Waals surface area contributed by atoms with Crippen LogP contribution in [0.2, 0.25) is 0 Å². The first-order chi connectivity index (χ1) is 14.0. The van der Waals surface area contributed by atoms with E-state index in [9.17, 15) is 14.7 Å². The lowest BCUT2D eigenvalue weighted by Gasteiger charge is -2.38. The Hall–Kier alpha value is -3.02. The minimum atomic E-state index is -0.933. The molecular weight excluding hydrogens is 368 g/mol. The molecule has 6 heteroatoms. The second kappa shape index (κ2) is 7.78. The lowest BCUT2D eigenvalue weighted by molar-refractivity contribution is 0.0603. The van der Waals surface area contributed by atoms with Crippen LogP contribution in [0.4, 0.5) is 4.79 Å². The number of likely N-dealkylation sites (tertiary alicyclic amines) is 1. The van der Waals surface area contributed by atoms with Gasteiger partial charge in [-0.3, -0.25) is 4.79 Å². The van der Waals surface area contributed by atoms with Crippen molar-refractivity contribution in [3.8, 4) is 5.75 Å². The van der Waals surface area contributed by atoms with Crippen LogP contribution < -0.4 is 4.74 Å². The number of carbonyl (C=O) groups excluding carboxylic acids is 1. The van der Waals surface area contributed by atoms with Gasteiger partial charge in [0.2, 0.25) is 0 Å². The molecule has 2 aliphatic rings. The first kappa shape index (κ1) is 19.3. The van der Waals surface area contributed by atoms with Crippen molar-refractivity contribution in [1.82, 2.24) is 9.80 Å². The van der Waals surface area contributed by atoms with Crippen LogP contribution in [0.25, 0.3) is 0 Å². The van der Waals surface area contributed by atoms with E-state index in [0.29, 0.717) is 26.2 Å². The number of hydrogen-bond acceptors (Lipinski definition) is 3. The monoisotopic (exact) mass is 394 g/mol. The summed E-state index contributed by atoms with van der Waals surface area (Å²) in [6, 6.07) is 13.5. The van der Waals surface area contributed by atoms with Crippen LogP contribution in [-0.4, -0.2) is 59.2 Å². The highest BCUT2D eigenvalue weighted by Crippen LogP contribution is 2.40. The van der Waals surface area contributed by atoms with E-state index in [1.165, 1.54) is 10.5 Å². The van der Waals surface area contributed by atoms with Crippen molar-refractivity contribution in [2.75, 3.05) is 26.2 Å².